The summed E-state index contributed by atoms with van der Waals surface area (Å²) in [4.78, 5) is 39.3. The quantitative estimate of drug-likeness (QED) is 0.912. The number of hydrogen-bond donors (Lipinski definition) is 1. The fourth-order valence-electron chi connectivity index (χ4n) is 3.64. The molecule has 128 valence electrons. The van der Waals surface area contributed by atoms with Crippen molar-refractivity contribution in [2.75, 3.05) is 24.5 Å². The van der Waals surface area contributed by atoms with Gasteiger partial charge >= 0.3 is 5.97 Å². The summed E-state index contributed by atoms with van der Waals surface area (Å²) in [6, 6.07) is 7.67. The maximum absolute atomic E-state index is 12.6. The molecule has 3 rings (SSSR count). The molecule has 0 bridgehead atoms. The van der Waals surface area contributed by atoms with Gasteiger partial charge in [-0.05, 0) is 30.4 Å². The zero-order chi connectivity index (χ0) is 17.3. The number of aryl methyl sites for hydroxylation is 1. The first-order chi connectivity index (χ1) is 11.5. The lowest BCUT2D eigenvalue weighted by Gasteiger charge is -2.37. The number of anilines is 1. The van der Waals surface area contributed by atoms with Crippen molar-refractivity contribution in [1.82, 2.24) is 4.90 Å². The van der Waals surface area contributed by atoms with E-state index >= 15 is 0 Å². The molecule has 2 atom stereocenters. The molecule has 2 aliphatic rings. The van der Waals surface area contributed by atoms with Crippen LogP contribution in [0.4, 0.5) is 5.69 Å². The molecule has 2 aliphatic heterocycles. The van der Waals surface area contributed by atoms with Gasteiger partial charge in [-0.3, -0.25) is 14.4 Å². The molecule has 1 fully saturated rings. The molecule has 2 amide bonds. The zero-order valence-electron chi connectivity index (χ0n) is 13.8. The van der Waals surface area contributed by atoms with Gasteiger partial charge in [0.15, 0.2) is 0 Å². The van der Waals surface area contributed by atoms with Crippen molar-refractivity contribution in [3.8, 4) is 0 Å². The van der Waals surface area contributed by atoms with Crippen LogP contribution < -0.4 is 4.90 Å². The summed E-state index contributed by atoms with van der Waals surface area (Å²) in [5, 5.41) is 9.18. The third-order valence-corrected chi connectivity index (χ3v) is 5.06. The Labute approximate surface area is 141 Å². The third-order valence-electron chi connectivity index (χ3n) is 5.06. The van der Waals surface area contributed by atoms with Gasteiger partial charge in [0, 0.05) is 25.2 Å². The Morgan fingerprint density at radius 2 is 2.00 bits per heavy atom. The Kier molecular flexibility index (Phi) is 4.55. The Bertz CT molecular complexity index is 673. The van der Waals surface area contributed by atoms with Crippen LogP contribution in [0.1, 0.15) is 25.3 Å². The zero-order valence-corrected chi connectivity index (χ0v) is 13.8. The second-order valence-corrected chi connectivity index (χ2v) is 6.66. The maximum Gasteiger partial charge on any atom is 0.306 e. The summed E-state index contributed by atoms with van der Waals surface area (Å²) in [6.45, 7) is 2.75. The molecule has 0 spiro atoms. The predicted octanol–water partition coefficient (Wildman–Crippen LogP) is 1.53. The molecule has 6 heteroatoms. The fourth-order valence-corrected chi connectivity index (χ4v) is 3.64. The molecule has 1 N–H and O–H groups in total. The monoisotopic (exact) mass is 330 g/mol. The van der Waals surface area contributed by atoms with Crippen molar-refractivity contribution in [3.63, 3.8) is 0 Å². The molecule has 2 heterocycles. The number of nitrogens with zero attached hydrogens (tertiary/aromatic N) is 2. The molecule has 0 aromatic heterocycles. The molecule has 0 aliphatic carbocycles. The van der Waals surface area contributed by atoms with Crippen molar-refractivity contribution in [2.45, 2.75) is 26.2 Å². The van der Waals surface area contributed by atoms with Crippen LogP contribution in [0.15, 0.2) is 24.3 Å². The van der Waals surface area contributed by atoms with Gasteiger partial charge in [0.1, 0.15) is 6.54 Å². The number of para-hydroxylation sites is 1. The number of likely N-dealkylation sites (tertiary alicyclic amines) is 1. The lowest BCUT2D eigenvalue weighted by atomic mass is 9.87. The highest BCUT2D eigenvalue weighted by Gasteiger charge is 2.34. The van der Waals surface area contributed by atoms with E-state index in [1.165, 1.54) is 0 Å². The van der Waals surface area contributed by atoms with Gasteiger partial charge < -0.3 is 14.9 Å². The number of aliphatic carboxylic acids is 1. The number of piperidine rings is 1. The number of carboxylic acids is 1. The molecule has 0 saturated carbocycles. The van der Waals surface area contributed by atoms with Crippen LogP contribution in [0.3, 0.4) is 0 Å². The Morgan fingerprint density at radius 1 is 1.25 bits per heavy atom. The summed E-state index contributed by atoms with van der Waals surface area (Å²) in [7, 11) is 0. The number of fused-ring (bicyclic) bond motifs is 1. The SMILES string of the molecule is CC1CN(C(=O)CN2C(=O)CCc3ccccc32)CCC1C(=O)O. The Balaban J connectivity index is 1.69. The molecule has 6 nitrogen and oxygen atoms in total. The van der Waals surface area contributed by atoms with Crippen LogP contribution in [0.5, 0.6) is 0 Å². The number of rotatable bonds is 3. The van der Waals surface area contributed by atoms with Gasteiger partial charge in [-0.25, -0.2) is 0 Å². The highest BCUT2D eigenvalue weighted by molar-refractivity contribution is 6.01. The molecule has 1 aromatic carbocycles. The van der Waals surface area contributed by atoms with Crippen LogP contribution in [-0.2, 0) is 20.8 Å². The van der Waals surface area contributed by atoms with Crippen molar-refractivity contribution < 1.29 is 19.5 Å². The largest absolute Gasteiger partial charge is 0.481 e. The number of amides is 2. The topological polar surface area (TPSA) is 77.9 Å². The first-order valence-corrected chi connectivity index (χ1v) is 8.36. The highest BCUT2D eigenvalue weighted by atomic mass is 16.4. The van der Waals surface area contributed by atoms with Crippen LogP contribution in [0.25, 0.3) is 0 Å². The van der Waals surface area contributed by atoms with E-state index in [4.69, 9.17) is 0 Å². The van der Waals surface area contributed by atoms with E-state index in [0.717, 1.165) is 11.3 Å². The van der Waals surface area contributed by atoms with E-state index in [9.17, 15) is 19.5 Å². The van der Waals surface area contributed by atoms with Gasteiger partial charge in [-0.2, -0.15) is 0 Å². The molecule has 0 radical (unpaired) electrons. The minimum atomic E-state index is -0.797. The molecule has 1 saturated heterocycles. The van der Waals surface area contributed by atoms with E-state index in [1.807, 2.05) is 31.2 Å². The van der Waals surface area contributed by atoms with Gasteiger partial charge in [0.25, 0.3) is 0 Å². The van der Waals surface area contributed by atoms with Crippen LogP contribution in [-0.4, -0.2) is 47.4 Å². The fraction of sp³-hybridized carbons (Fsp3) is 0.500. The van der Waals surface area contributed by atoms with Crippen LogP contribution >= 0.6 is 0 Å². The normalized spacial score (nSPS) is 23.8. The molecule has 2 unspecified atom stereocenters. The number of carbonyl (C=O) groups excluding carboxylic acids is 2. The van der Waals surface area contributed by atoms with Crippen molar-refractivity contribution >= 4 is 23.5 Å². The summed E-state index contributed by atoms with van der Waals surface area (Å²) in [5.74, 6) is -1.42. The first-order valence-electron chi connectivity index (χ1n) is 8.36. The van der Waals surface area contributed by atoms with Crippen LogP contribution in [0, 0.1) is 11.8 Å². The van der Waals surface area contributed by atoms with Crippen molar-refractivity contribution in [1.29, 1.82) is 0 Å². The smallest absolute Gasteiger partial charge is 0.306 e. The average molecular weight is 330 g/mol. The van der Waals surface area contributed by atoms with Gasteiger partial charge in [-0.15, -0.1) is 0 Å². The van der Waals surface area contributed by atoms with Crippen molar-refractivity contribution in [2.24, 2.45) is 11.8 Å². The Hall–Kier alpha value is -2.37. The number of carboxylic acid groups (broad SMARTS) is 1. The van der Waals surface area contributed by atoms with E-state index in [2.05, 4.69) is 0 Å². The maximum atomic E-state index is 12.6. The predicted molar refractivity (Wildman–Crippen MR) is 88.6 cm³/mol. The average Bonchev–Trinajstić information content (AvgIpc) is 2.57. The Morgan fingerprint density at radius 3 is 2.71 bits per heavy atom. The van der Waals surface area contributed by atoms with Crippen LogP contribution in [0.2, 0.25) is 0 Å². The first kappa shape index (κ1) is 16.5. The van der Waals surface area contributed by atoms with Gasteiger partial charge in [-0.1, -0.05) is 25.1 Å². The summed E-state index contributed by atoms with van der Waals surface area (Å²) in [5.41, 5.74) is 1.90. The van der Waals surface area contributed by atoms with E-state index in [0.29, 0.717) is 32.4 Å². The number of hydrogen-bond acceptors (Lipinski definition) is 3. The van der Waals surface area contributed by atoms with E-state index in [-0.39, 0.29) is 24.3 Å². The van der Waals surface area contributed by atoms with Gasteiger partial charge in [0.05, 0.1) is 5.92 Å². The minimum absolute atomic E-state index is 0.0281. The minimum Gasteiger partial charge on any atom is -0.481 e. The van der Waals surface area contributed by atoms with E-state index in [1.54, 1.807) is 9.80 Å². The molecular weight excluding hydrogens is 308 g/mol. The lowest BCUT2D eigenvalue weighted by molar-refractivity contribution is -0.148. The van der Waals surface area contributed by atoms with Gasteiger partial charge in [0.2, 0.25) is 11.8 Å². The standard InChI is InChI=1S/C18H22N2O4/c1-12-10-19(9-8-14(12)18(23)24)17(22)11-20-15-5-3-2-4-13(15)6-7-16(20)21/h2-5,12,14H,6-11H2,1H3,(H,23,24). The summed E-state index contributed by atoms with van der Waals surface area (Å²) >= 11 is 0. The second-order valence-electron chi connectivity index (χ2n) is 6.66. The molecule has 1 aromatic rings. The van der Waals surface area contributed by atoms with E-state index < -0.39 is 11.9 Å². The third kappa shape index (κ3) is 3.13. The lowest BCUT2D eigenvalue weighted by Crippen LogP contribution is -2.50. The number of benzene rings is 1. The summed E-state index contributed by atoms with van der Waals surface area (Å²) in [6.07, 6.45) is 1.59. The highest BCUT2D eigenvalue weighted by Crippen LogP contribution is 2.28. The molecular formula is C18H22N2O4. The second kappa shape index (κ2) is 6.63. The molecule has 24 heavy (non-hydrogen) atoms. The van der Waals surface area contributed by atoms with Crippen molar-refractivity contribution in [3.05, 3.63) is 29.8 Å². The number of carbonyl (C=O) groups is 3. The summed E-state index contributed by atoms with van der Waals surface area (Å²) < 4.78 is 0.